The molecule has 0 spiro atoms. The average molecular weight is 300 g/mol. The minimum absolute atomic E-state index is 1.03. The van der Waals surface area contributed by atoms with Crippen LogP contribution in [-0.4, -0.2) is 0 Å². The van der Waals surface area contributed by atoms with Crippen molar-refractivity contribution in [2.24, 2.45) is 0 Å². The Morgan fingerprint density at radius 3 is 2.23 bits per heavy atom. The molecule has 22 heavy (non-hydrogen) atoms. The Kier molecular flexibility index (Phi) is 3.57. The van der Waals surface area contributed by atoms with E-state index in [0.717, 1.165) is 5.75 Å². The molecule has 1 heterocycles. The largest absolute Gasteiger partial charge is 0.121 e. The molecule has 0 fully saturated rings. The molecule has 0 saturated heterocycles. The normalized spacial score (nSPS) is 15.0. The van der Waals surface area contributed by atoms with Gasteiger partial charge in [-0.1, -0.05) is 72.8 Å². The SMILES string of the molecule is C(=C1/c2ccccc2CSc2ccccc21)/c1ccccc1. The zero-order chi connectivity index (χ0) is 14.8. The maximum absolute atomic E-state index is 2.31. The fourth-order valence-electron chi connectivity index (χ4n) is 2.90. The van der Waals surface area contributed by atoms with Gasteiger partial charge in [-0.2, -0.15) is 0 Å². The number of hydrogen-bond donors (Lipinski definition) is 0. The Labute approximate surface area is 135 Å². The molecule has 0 radical (unpaired) electrons. The second-order valence-corrected chi connectivity index (χ2v) is 6.43. The maximum Gasteiger partial charge on any atom is 0.0238 e. The van der Waals surface area contributed by atoms with E-state index < -0.39 is 0 Å². The van der Waals surface area contributed by atoms with Crippen LogP contribution in [0.4, 0.5) is 0 Å². The Hall–Kier alpha value is -2.25. The van der Waals surface area contributed by atoms with E-state index in [-0.39, 0.29) is 0 Å². The topological polar surface area (TPSA) is 0 Å². The molecule has 0 saturated carbocycles. The van der Waals surface area contributed by atoms with Crippen LogP contribution < -0.4 is 0 Å². The van der Waals surface area contributed by atoms with E-state index in [2.05, 4.69) is 84.9 Å². The van der Waals surface area contributed by atoms with Gasteiger partial charge in [0, 0.05) is 10.6 Å². The summed E-state index contributed by atoms with van der Waals surface area (Å²) in [7, 11) is 0. The van der Waals surface area contributed by atoms with Crippen molar-refractivity contribution in [2.45, 2.75) is 10.6 Å². The van der Waals surface area contributed by atoms with Crippen molar-refractivity contribution in [3.63, 3.8) is 0 Å². The van der Waals surface area contributed by atoms with Gasteiger partial charge in [0.1, 0.15) is 0 Å². The zero-order valence-corrected chi connectivity index (χ0v) is 13.0. The minimum atomic E-state index is 1.03. The van der Waals surface area contributed by atoms with Gasteiger partial charge < -0.3 is 0 Å². The highest BCUT2D eigenvalue weighted by atomic mass is 32.2. The summed E-state index contributed by atoms with van der Waals surface area (Å²) in [5, 5.41) is 0. The highest BCUT2D eigenvalue weighted by Gasteiger charge is 2.17. The Balaban J connectivity index is 1.97. The molecule has 0 N–H and O–H groups in total. The summed E-state index contributed by atoms with van der Waals surface area (Å²) in [5.74, 6) is 1.03. The standard InChI is InChI=1S/C21H16S/c1-2-8-16(9-3-1)14-20-18-11-5-4-10-17(18)15-22-21-13-7-6-12-19(20)21/h1-14H,15H2/b20-14+. The highest BCUT2D eigenvalue weighted by Crippen LogP contribution is 2.40. The molecule has 0 aliphatic carbocycles. The van der Waals surface area contributed by atoms with Crippen molar-refractivity contribution < 1.29 is 0 Å². The van der Waals surface area contributed by atoms with Gasteiger partial charge in [0.2, 0.25) is 0 Å². The fraction of sp³-hybridized carbons (Fsp3) is 0.0476. The summed E-state index contributed by atoms with van der Waals surface area (Å²) in [6.07, 6.45) is 2.31. The first kappa shape index (κ1) is 13.4. The first-order chi connectivity index (χ1) is 10.9. The first-order valence-corrected chi connectivity index (χ1v) is 8.47. The van der Waals surface area contributed by atoms with E-state index in [4.69, 9.17) is 0 Å². The van der Waals surface area contributed by atoms with E-state index in [1.165, 1.54) is 32.7 Å². The van der Waals surface area contributed by atoms with Gasteiger partial charge in [0.05, 0.1) is 0 Å². The smallest absolute Gasteiger partial charge is 0.0238 e. The molecule has 0 atom stereocenters. The van der Waals surface area contributed by atoms with Crippen molar-refractivity contribution >= 4 is 23.4 Å². The first-order valence-electron chi connectivity index (χ1n) is 7.49. The molecule has 0 nitrogen and oxygen atoms in total. The Bertz CT molecular complexity index is 782. The maximum atomic E-state index is 2.31. The fourth-order valence-corrected chi connectivity index (χ4v) is 3.97. The van der Waals surface area contributed by atoms with Crippen molar-refractivity contribution in [3.8, 4) is 0 Å². The molecule has 3 aromatic carbocycles. The van der Waals surface area contributed by atoms with E-state index in [1.807, 2.05) is 11.8 Å². The van der Waals surface area contributed by atoms with E-state index in [1.54, 1.807) is 0 Å². The van der Waals surface area contributed by atoms with E-state index in [9.17, 15) is 0 Å². The van der Waals surface area contributed by atoms with Crippen LogP contribution in [0.25, 0.3) is 11.6 Å². The van der Waals surface area contributed by atoms with Crippen LogP contribution in [0.3, 0.4) is 0 Å². The summed E-state index contributed by atoms with van der Waals surface area (Å²) < 4.78 is 0. The molecular formula is C21H16S. The second-order valence-electron chi connectivity index (χ2n) is 5.41. The lowest BCUT2D eigenvalue weighted by atomic mass is 9.93. The third-order valence-electron chi connectivity index (χ3n) is 3.98. The van der Waals surface area contributed by atoms with Gasteiger partial charge in [-0.25, -0.2) is 0 Å². The number of fused-ring (bicyclic) bond motifs is 2. The Morgan fingerprint density at radius 1 is 0.682 bits per heavy atom. The molecule has 1 aliphatic heterocycles. The van der Waals surface area contributed by atoms with Crippen molar-refractivity contribution in [1.82, 2.24) is 0 Å². The third kappa shape index (κ3) is 2.49. The van der Waals surface area contributed by atoms with Gasteiger partial charge in [0.25, 0.3) is 0 Å². The van der Waals surface area contributed by atoms with Crippen molar-refractivity contribution in [2.75, 3.05) is 0 Å². The molecule has 0 bridgehead atoms. The van der Waals surface area contributed by atoms with Crippen molar-refractivity contribution in [1.29, 1.82) is 0 Å². The second kappa shape index (κ2) is 5.86. The minimum Gasteiger partial charge on any atom is -0.121 e. The van der Waals surface area contributed by atoms with E-state index in [0.29, 0.717) is 0 Å². The molecule has 1 aliphatic rings. The lowest BCUT2D eigenvalue weighted by molar-refractivity contribution is 1.39. The monoisotopic (exact) mass is 300 g/mol. The van der Waals surface area contributed by atoms with Gasteiger partial charge in [-0.3, -0.25) is 0 Å². The molecule has 3 aromatic rings. The van der Waals surface area contributed by atoms with Gasteiger partial charge >= 0.3 is 0 Å². The lowest BCUT2D eigenvalue weighted by Gasteiger charge is -2.11. The predicted molar refractivity (Wildman–Crippen MR) is 95.9 cm³/mol. The van der Waals surface area contributed by atoms with Crippen LogP contribution in [0.15, 0.2) is 83.8 Å². The molecule has 106 valence electrons. The number of hydrogen-bond acceptors (Lipinski definition) is 1. The van der Waals surface area contributed by atoms with Crippen LogP contribution in [0, 0.1) is 0 Å². The summed E-state index contributed by atoms with van der Waals surface area (Å²) in [4.78, 5) is 1.36. The summed E-state index contributed by atoms with van der Waals surface area (Å²) in [5.41, 5.74) is 6.66. The summed E-state index contributed by atoms with van der Waals surface area (Å²) >= 11 is 1.93. The van der Waals surface area contributed by atoms with Gasteiger partial charge in [0.15, 0.2) is 0 Å². The molecule has 0 unspecified atom stereocenters. The summed E-state index contributed by atoms with van der Waals surface area (Å²) in [6.45, 7) is 0. The number of benzene rings is 3. The number of thioether (sulfide) groups is 1. The Morgan fingerprint density at radius 2 is 1.36 bits per heavy atom. The van der Waals surface area contributed by atoms with Crippen LogP contribution in [0.5, 0.6) is 0 Å². The quantitative estimate of drug-likeness (QED) is 0.540. The molecule has 0 amide bonds. The van der Waals surface area contributed by atoms with Crippen LogP contribution in [0.2, 0.25) is 0 Å². The van der Waals surface area contributed by atoms with Gasteiger partial charge in [-0.15, -0.1) is 11.8 Å². The van der Waals surface area contributed by atoms with Crippen LogP contribution in [-0.2, 0) is 5.75 Å². The number of rotatable bonds is 1. The molecular weight excluding hydrogens is 284 g/mol. The predicted octanol–water partition coefficient (Wildman–Crippen LogP) is 5.88. The summed E-state index contributed by atoms with van der Waals surface area (Å²) in [6, 6.07) is 28.0. The molecule has 0 aromatic heterocycles. The molecule has 4 rings (SSSR count). The average Bonchev–Trinajstić information content (AvgIpc) is 2.74. The highest BCUT2D eigenvalue weighted by molar-refractivity contribution is 7.98. The van der Waals surface area contributed by atoms with E-state index >= 15 is 0 Å². The lowest BCUT2D eigenvalue weighted by Crippen LogP contribution is -1.91. The van der Waals surface area contributed by atoms with Crippen LogP contribution in [0.1, 0.15) is 22.3 Å². The van der Waals surface area contributed by atoms with Crippen LogP contribution >= 0.6 is 11.8 Å². The van der Waals surface area contributed by atoms with Gasteiger partial charge in [-0.05, 0) is 40.0 Å². The van der Waals surface area contributed by atoms with Crippen molar-refractivity contribution in [3.05, 3.63) is 101 Å². The zero-order valence-electron chi connectivity index (χ0n) is 12.2. The third-order valence-corrected chi connectivity index (χ3v) is 5.10. The molecule has 1 heteroatoms.